The van der Waals surface area contributed by atoms with E-state index in [-0.39, 0.29) is 11.7 Å². The second kappa shape index (κ2) is 5.14. The summed E-state index contributed by atoms with van der Waals surface area (Å²) >= 11 is 0. The van der Waals surface area contributed by atoms with Gasteiger partial charge in [0, 0.05) is 5.69 Å². The fourth-order valence-electron chi connectivity index (χ4n) is 2.03. The number of amides is 1. The number of hydrogen-bond acceptors (Lipinski definition) is 2. The van der Waals surface area contributed by atoms with Gasteiger partial charge >= 0.3 is 0 Å². The highest BCUT2D eigenvalue weighted by molar-refractivity contribution is 6.07. The number of aromatic hydroxyl groups is 1. The van der Waals surface area contributed by atoms with E-state index in [1.54, 1.807) is 25.1 Å². The predicted octanol–water partition coefficient (Wildman–Crippen LogP) is 3.57. The number of anilines is 1. The average Bonchev–Trinajstić information content (AvgIpc) is 2.37. The Morgan fingerprint density at radius 3 is 2.11 bits per heavy atom. The van der Waals surface area contributed by atoms with Crippen LogP contribution in [-0.4, -0.2) is 11.0 Å². The van der Waals surface area contributed by atoms with Crippen LogP contribution in [0.4, 0.5) is 5.69 Å². The van der Waals surface area contributed by atoms with Gasteiger partial charge in [-0.1, -0.05) is 30.3 Å². The van der Waals surface area contributed by atoms with Gasteiger partial charge < -0.3 is 10.4 Å². The zero-order chi connectivity index (χ0) is 14.0. The van der Waals surface area contributed by atoms with E-state index in [4.69, 9.17) is 0 Å². The molecule has 0 saturated carbocycles. The molecular formula is C16H17NO2. The number of rotatable bonds is 2. The van der Waals surface area contributed by atoms with Crippen LogP contribution in [0.3, 0.4) is 0 Å². The van der Waals surface area contributed by atoms with Crippen molar-refractivity contribution in [1.82, 2.24) is 0 Å². The van der Waals surface area contributed by atoms with Crippen LogP contribution in [0.2, 0.25) is 0 Å². The molecule has 0 spiro atoms. The Bertz CT molecular complexity index is 612. The van der Waals surface area contributed by atoms with Crippen LogP contribution < -0.4 is 5.32 Å². The molecule has 0 aliphatic carbocycles. The molecule has 98 valence electrons. The summed E-state index contributed by atoms with van der Waals surface area (Å²) in [4.78, 5) is 12.2. The van der Waals surface area contributed by atoms with E-state index in [1.165, 1.54) is 0 Å². The number of aryl methyl sites for hydroxylation is 3. The Morgan fingerprint density at radius 1 is 0.947 bits per heavy atom. The number of carbonyl (C=O) groups is 1. The van der Waals surface area contributed by atoms with Crippen LogP contribution in [0, 0.1) is 20.8 Å². The maximum absolute atomic E-state index is 12.2. The van der Waals surface area contributed by atoms with Gasteiger partial charge in [-0.3, -0.25) is 4.79 Å². The largest absolute Gasteiger partial charge is 0.507 e. The Labute approximate surface area is 112 Å². The zero-order valence-electron chi connectivity index (χ0n) is 11.3. The normalized spacial score (nSPS) is 10.3. The minimum atomic E-state index is -0.293. The number of nitrogens with one attached hydrogen (secondary N) is 1. The third-order valence-corrected chi connectivity index (χ3v) is 3.20. The number of phenolic OH excluding ortho intramolecular Hbond substituents is 1. The lowest BCUT2D eigenvalue weighted by Crippen LogP contribution is -2.14. The highest BCUT2D eigenvalue weighted by atomic mass is 16.3. The Balaban J connectivity index is 2.34. The Hall–Kier alpha value is -2.29. The Morgan fingerprint density at radius 2 is 1.47 bits per heavy atom. The molecule has 0 heterocycles. The average molecular weight is 255 g/mol. The highest BCUT2D eigenvalue weighted by Crippen LogP contribution is 2.25. The molecule has 2 aromatic carbocycles. The van der Waals surface area contributed by atoms with Crippen molar-refractivity contribution < 1.29 is 9.90 Å². The van der Waals surface area contributed by atoms with Crippen LogP contribution in [-0.2, 0) is 0 Å². The summed E-state index contributed by atoms with van der Waals surface area (Å²) in [5.74, 6) is -0.259. The number of phenols is 1. The molecule has 2 rings (SSSR count). The summed E-state index contributed by atoms with van der Waals surface area (Å²) in [7, 11) is 0. The van der Waals surface area contributed by atoms with Crippen molar-refractivity contribution in [2.24, 2.45) is 0 Å². The van der Waals surface area contributed by atoms with Crippen molar-refractivity contribution >= 4 is 11.6 Å². The number of para-hydroxylation sites is 2. The molecule has 0 fully saturated rings. The van der Waals surface area contributed by atoms with E-state index in [0.29, 0.717) is 11.1 Å². The summed E-state index contributed by atoms with van der Waals surface area (Å²) in [6.45, 7) is 5.66. The first-order valence-corrected chi connectivity index (χ1v) is 6.17. The van der Waals surface area contributed by atoms with E-state index in [2.05, 4.69) is 5.32 Å². The second-order valence-corrected chi connectivity index (χ2v) is 4.69. The summed E-state index contributed by atoms with van der Waals surface area (Å²) in [6.07, 6.45) is 0. The van der Waals surface area contributed by atoms with Gasteiger partial charge in [0.05, 0.1) is 5.56 Å². The summed E-state index contributed by atoms with van der Waals surface area (Å²) < 4.78 is 0. The van der Waals surface area contributed by atoms with Crippen LogP contribution >= 0.6 is 0 Å². The topological polar surface area (TPSA) is 49.3 Å². The monoisotopic (exact) mass is 255 g/mol. The number of benzene rings is 2. The van der Waals surface area contributed by atoms with Crippen molar-refractivity contribution in [3.05, 3.63) is 58.7 Å². The third-order valence-electron chi connectivity index (χ3n) is 3.20. The van der Waals surface area contributed by atoms with E-state index in [1.807, 2.05) is 32.0 Å². The molecule has 19 heavy (non-hydrogen) atoms. The molecule has 3 heteroatoms. The molecule has 3 nitrogen and oxygen atoms in total. The highest BCUT2D eigenvalue weighted by Gasteiger charge is 2.14. The van der Waals surface area contributed by atoms with Crippen LogP contribution in [0.25, 0.3) is 0 Å². The van der Waals surface area contributed by atoms with Crippen LogP contribution in [0.15, 0.2) is 36.4 Å². The first kappa shape index (κ1) is 13.1. The van der Waals surface area contributed by atoms with Gasteiger partial charge in [0.15, 0.2) is 0 Å². The first-order chi connectivity index (χ1) is 9.00. The fourth-order valence-corrected chi connectivity index (χ4v) is 2.03. The molecule has 0 aliphatic heterocycles. The van der Waals surface area contributed by atoms with Gasteiger partial charge in [-0.05, 0) is 43.5 Å². The van der Waals surface area contributed by atoms with Crippen molar-refractivity contribution in [3.8, 4) is 5.75 Å². The Kier molecular flexibility index (Phi) is 3.56. The van der Waals surface area contributed by atoms with Crippen molar-refractivity contribution in [2.45, 2.75) is 20.8 Å². The molecule has 0 bridgehead atoms. The van der Waals surface area contributed by atoms with Crippen molar-refractivity contribution in [2.75, 3.05) is 5.32 Å². The maximum atomic E-state index is 12.2. The fraction of sp³-hybridized carbons (Fsp3) is 0.188. The SMILES string of the molecule is Cc1cccc(C(=O)Nc2c(C)cccc2C)c1O. The molecule has 0 atom stereocenters. The molecule has 0 aromatic heterocycles. The predicted molar refractivity (Wildman–Crippen MR) is 76.7 cm³/mol. The molecule has 0 radical (unpaired) electrons. The number of hydrogen-bond donors (Lipinski definition) is 2. The van der Waals surface area contributed by atoms with Gasteiger partial charge in [0.2, 0.25) is 0 Å². The van der Waals surface area contributed by atoms with Crippen molar-refractivity contribution in [1.29, 1.82) is 0 Å². The van der Waals surface area contributed by atoms with E-state index >= 15 is 0 Å². The smallest absolute Gasteiger partial charge is 0.259 e. The molecule has 2 aromatic rings. The minimum Gasteiger partial charge on any atom is -0.507 e. The third kappa shape index (κ3) is 2.60. The summed E-state index contributed by atoms with van der Waals surface area (Å²) in [5.41, 5.74) is 3.78. The summed E-state index contributed by atoms with van der Waals surface area (Å²) in [5, 5.41) is 12.8. The van der Waals surface area contributed by atoms with Crippen LogP contribution in [0.5, 0.6) is 5.75 Å². The van der Waals surface area contributed by atoms with E-state index in [0.717, 1.165) is 16.8 Å². The van der Waals surface area contributed by atoms with Gasteiger partial charge in [-0.2, -0.15) is 0 Å². The lowest BCUT2D eigenvalue weighted by atomic mass is 10.1. The lowest BCUT2D eigenvalue weighted by Gasteiger charge is -2.12. The first-order valence-electron chi connectivity index (χ1n) is 6.17. The molecule has 0 unspecified atom stereocenters. The van der Waals surface area contributed by atoms with Crippen LogP contribution in [0.1, 0.15) is 27.0 Å². The van der Waals surface area contributed by atoms with E-state index < -0.39 is 0 Å². The van der Waals surface area contributed by atoms with Gasteiger partial charge in [-0.15, -0.1) is 0 Å². The quantitative estimate of drug-likeness (QED) is 0.861. The van der Waals surface area contributed by atoms with Gasteiger partial charge in [0.25, 0.3) is 5.91 Å². The molecule has 2 N–H and O–H groups in total. The standard InChI is InChI=1S/C16H17NO2/c1-10-6-4-7-11(2)14(10)17-16(19)13-9-5-8-12(3)15(13)18/h4-9,18H,1-3H3,(H,17,19). The molecule has 0 aliphatic rings. The summed E-state index contributed by atoms with van der Waals surface area (Å²) in [6, 6.07) is 11.0. The van der Waals surface area contributed by atoms with Gasteiger partial charge in [0.1, 0.15) is 5.75 Å². The maximum Gasteiger partial charge on any atom is 0.259 e. The second-order valence-electron chi connectivity index (χ2n) is 4.69. The minimum absolute atomic E-state index is 0.0336. The molecule has 0 saturated heterocycles. The van der Waals surface area contributed by atoms with Gasteiger partial charge in [-0.25, -0.2) is 0 Å². The molecular weight excluding hydrogens is 238 g/mol. The van der Waals surface area contributed by atoms with E-state index in [9.17, 15) is 9.90 Å². The number of carbonyl (C=O) groups excluding carboxylic acids is 1. The molecule has 1 amide bonds. The zero-order valence-corrected chi connectivity index (χ0v) is 11.3. The van der Waals surface area contributed by atoms with Crippen molar-refractivity contribution in [3.63, 3.8) is 0 Å². The lowest BCUT2D eigenvalue weighted by molar-refractivity contribution is 0.102.